The molecule has 0 spiro atoms. The molecule has 8 heteroatoms. The predicted octanol–water partition coefficient (Wildman–Crippen LogP) is 4.01. The van der Waals surface area contributed by atoms with Crippen molar-refractivity contribution in [2.24, 2.45) is 5.92 Å². The first-order chi connectivity index (χ1) is 14.8. The average molecular weight is 433 g/mol. The minimum atomic E-state index is -4.45. The van der Waals surface area contributed by atoms with Gasteiger partial charge in [0.15, 0.2) is 0 Å². The van der Waals surface area contributed by atoms with Gasteiger partial charge >= 0.3 is 6.18 Å². The number of nitrogens with zero attached hydrogens (tertiary/aromatic N) is 2. The normalized spacial score (nSPS) is 20.6. The van der Waals surface area contributed by atoms with Crippen LogP contribution in [-0.4, -0.2) is 38.1 Å². The highest BCUT2D eigenvalue weighted by Crippen LogP contribution is 2.40. The number of fused-ring (bicyclic) bond motifs is 3. The number of piperazine rings is 1. The molecule has 1 fully saturated rings. The van der Waals surface area contributed by atoms with Crippen molar-refractivity contribution in [1.82, 2.24) is 5.32 Å². The number of rotatable bonds is 4. The molecule has 0 saturated carbocycles. The first-order valence-corrected chi connectivity index (χ1v) is 10.1. The Kier molecular flexibility index (Phi) is 5.64. The van der Waals surface area contributed by atoms with Crippen LogP contribution >= 0.6 is 0 Å². The number of benzene rings is 2. The zero-order valence-corrected chi connectivity index (χ0v) is 16.8. The fourth-order valence-corrected chi connectivity index (χ4v) is 4.53. The van der Waals surface area contributed by atoms with Gasteiger partial charge in [0.1, 0.15) is 5.82 Å². The van der Waals surface area contributed by atoms with Crippen molar-refractivity contribution in [3.8, 4) is 0 Å². The number of carbonyl (C=O) groups excluding carboxylic acids is 1. The van der Waals surface area contributed by atoms with Gasteiger partial charge in [-0.2, -0.15) is 13.2 Å². The molecule has 2 heterocycles. The fraction of sp³-hybridized carbons (Fsp3) is 0.348. The minimum absolute atomic E-state index is 0.189. The highest BCUT2D eigenvalue weighted by molar-refractivity contribution is 5.82. The molecule has 2 aliphatic rings. The Morgan fingerprint density at radius 3 is 2.65 bits per heavy atom. The molecule has 0 radical (unpaired) electrons. The van der Waals surface area contributed by atoms with E-state index >= 15 is 0 Å². The molecule has 0 bridgehead atoms. The minimum Gasteiger partial charge on any atom is -0.365 e. The van der Waals surface area contributed by atoms with Gasteiger partial charge < -0.3 is 15.1 Å². The molecule has 0 aliphatic carbocycles. The van der Waals surface area contributed by atoms with E-state index in [9.17, 15) is 22.4 Å². The largest absolute Gasteiger partial charge is 0.416 e. The molecule has 4 rings (SSSR count). The first-order valence-electron chi connectivity index (χ1n) is 10.1. The van der Waals surface area contributed by atoms with Crippen LogP contribution < -0.4 is 15.1 Å². The molecule has 2 unspecified atom stereocenters. The topological polar surface area (TPSA) is 35.6 Å². The standard InChI is InChI=1S/C23H23F4N3O/c1-2-9-28-22(31)17-13-15-12-16(23(25,26)27)7-8-19(15)30-11-10-29(14-21(17)30)20-6-4-3-5-18(20)24/h2-8,12,17,21H,1,9-11,13-14H2,(H,28,31). The van der Waals surface area contributed by atoms with Crippen LogP contribution in [0.1, 0.15) is 11.1 Å². The molecular formula is C23H23F4N3O. The number of hydrogen-bond acceptors (Lipinski definition) is 3. The Bertz CT molecular complexity index is 991. The van der Waals surface area contributed by atoms with Crippen molar-refractivity contribution >= 4 is 17.3 Å². The summed E-state index contributed by atoms with van der Waals surface area (Å²) in [5, 5.41) is 2.78. The van der Waals surface area contributed by atoms with Gasteiger partial charge in [0, 0.05) is 31.9 Å². The lowest BCUT2D eigenvalue weighted by Crippen LogP contribution is -2.61. The number of halogens is 4. The fourth-order valence-electron chi connectivity index (χ4n) is 4.53. The van der Waals surface area contributed by atoms with E-state index in [2.05, 4.69) is 11.9 Å². The molecule has 2 aromatic rings. The SMILES string of the molecule is C=CCNC(=O)C1Cc2cc(C(F)(F)F)ccc2N2CCN(c3ccccc3F)CC12. The molecule has 1 amide bonds. The van der Waals surface area contributed by atoms with Gasteiger partial charge in [-0.05, 0) is 42.3 Å². The Labute approximate surface area is 178 Å². The van der Waals surface area contributed by atoms with E-state index in [0.717, 1.165) is 12.1 Å². The third-order valence-corrected chi connectivity index (χ3v) is 5.99. The van der Waals surface area contributed by atoms with Gasteiger partial charge in [-0.25, -0.2) is 4.39 Å². The summed E-state index contributed by atoms with van der Waals surface area (Å²) in [4.78, 5) is 16.8. The van der Waals surface area contributed by atoms with E-state index in [0.29, 0.717) is 36.6 Å². The highest BCUT2D eigenvalue weighted by Gasteiger charge is 2.43. The summed E-state index contributed by atoms with van der Waals surface area (Å²) in [6, 6.07) is 9.89. The maximum Gasteiger partial charge on any atom is 0.416 e. The second-order valence-corrected chi connectivity index (χ2v) is 7.84. The number of amides is 1. The van der Waals surface area contributed by atoms with E-state index in [4.69, 9.17) is 0 Å². The number of nitrogens with one attached hydrogen (secondary N) is 1. The summed E-state index contributed by atoms with van der Waals surface area (Å²) in [5.74, 6) is -1.14. The highest BCUT2D eigenvalue weighted by atomic mass is 19.4. The zero-order valence-electron chi connectivity index (χ0n) is 16.8. The summed E-state index contributed by atoms with van der Waals surface area (Å²) in [6.07, 6.45) is -2.70. The number of para-hydroxylation sites is 1. The van der Waals surface area contributed by atoms with Gasteiger partial charge in [0.25, 0.3) is 0 Å². The van der Waals surface area contributed by atoms with E-state index in [1.54, 1.807) is 24.3 Å². The van der Waals surface area contributed by atoms with E-state index < -0.39 is 17.7 Å². The van der Waals surface area contributed by atoms with Crippen LogP contribution in [0.25, 0.3) is 0 Å². The number of hydrogen-bond donors (Lipinski definition) is 1. The van der Waals surface area contributed by atoms with E-state index in [1.807, 2.05) is 9.80 Å². The third-order valence-electron chi connectivity index (χ3n) is 5.99. The van der Waals surface area contributed by atoms with Crippen molar-refractivity contribution in [3.63, 3.8) is 0 Å². The molecule has 0 aromatic heterocycles. The monoisotopic (exact) mass is 433 g/mol. The molecule has 2 atom stereocenters. The Morgan fingerprint density at radius 1 is 1.16 bits per heavy atom. The summed E-state index contributed by atoms with van der Waals surface area (Å²) < 4.78 is 54.1. The zero-order chi connectivity index (χ0) is 22.2. The van der Waals surface area contributed by atoms with Crippen LogP contribution in [-0.2, 0) is 17.4 Å². The summed E-state index contributed by atoms with van der Waals surface area (Å²) in [5.41, 5.74) is 0.952. The summed E-state index contributed by atoms with van der Waals surface area (Å²) in [7, 11) is 0. The smallest absolute Gasteiger partial charge is 0.365 e. The molecule has 31 heavy (non-hydrogen) atoms. The van der Waals surface area contributed by atoms with Crippen molar-refractivity contribution < 1.29 is 22.4 Å². The lowest BCUT2D eigenvalue weighted by Gasteiger charge is -2.49. The average Bonchev–Trinajstić information content (AvgIpc) is 2.75. The van der Waals surface area contributed by atoms with Gasteiger partial charge in [0.05, 0.1) is 23.2 Å². The van der Waals surface area contributed by atoms with Gasteiger partial charge in [0.2, 0.25) is 5.91 Å². The number of carbonyl (C=O) groups is 1. The summed E-state index contributed by atoms with van der Waals surface area (Å²) >= 11 is 0. The molecule has 1 saturated heterocycles. The molecule has 2 aromatic carbocycles. The number of alkyl halides is 3. The van der Waals surface area contributed by atoms with Crippen LogP contribution in [0.5, 0.6) is 0 Å². The van der Waals surface area contributed by atoms with Crippen molar-refractivity contribution in [1.29, 1.82) is 0 Å². The van der Waals surface area contributed by atoms with Crippen LogP contribution in [0, 0.1) is 11.7 Å². The quantitative estimate of drug-likeness (QED) is 0.585. The Balaban J connectivity index is 1.69. The number of anilines is 2. The first kappa shape index (κ1) is 21.2. The van der Waals surface area contributed by atoms with Crippen LogP contribution in [0.2, 0.25) is 0 Å². The lowest BCUT2D eigenvalue weighted by molar-refractivity contribution is -0.137. The predicted molar refractivity (Wildman–Crippen MR) is 112 cm³/mol. The van der Waals surface area contributed by atoms with E-state index in [-0.39, 0.29) is 30.7 Å². The molecule has 2 aliphatic heterocycles. The van der Waals surface area contributed by atoms with Gasteiger partial charge in [-0.1, -0.05) is 18.2 Å². The van der Waals surface area contributed by atoms with E-state index in [1.165, 1.54) is 12.1 Å². The van der Waals surface area contributed by atoms with Crippen LogP contribution in [0.3, 0.4) is 0 Å². The van der Waals surface area contributed by atoms with Crippen molar-refractivity contribution in [2.75, 3.05) is 36.0 Å². The maximum absolute atomic E-state index is 14.4. The Morgan fingerprint density at radius 2 is 1.94 bits per heavy atom. The molecule has 164 valence electrons. The van der Waals surface area contributed by atoms with Gasteiger partial charge in [-0.15, -0.1) is 6.58 Å². The summed E-state index contributed by atoms with van der Waals surface area (Å²) in [6.45, 7) is 5.24. The maximum atomic E-state index is 14.4. The Hall–Kier alpha value is -3.03. The molecular weight excluding hydrogens is 410 g/mol. The van der Waals surface area contributed by atoms with Crippen molar-refractivity contribution in [2.45, 2.75) is 18.6 Å². The second-order valence-electron chi connectivity index (χ2n) is 7.84. The third kappa shape index (κ3) is 4.11. The van der Waals surface area contributed by atoms with Crippen molar-refractivity contribution in [3.05, 3.63) is 72.1 Å². The molecule has 4 nitrogen and oxygen atoms in total. The lowest BCUT2D eigenvalue weighted by atomic mass is 9.82. The molecule has 1 N–H and O–H groups in total. The van der Waals surface area contributed by atoms with Crippen LogP contribution in [0.15, 0.2) is 55.1 Å². The second kappa shape index (κ2) is 8.24. The van der Waals surface area contributed by atoms with Gasteiger partial charge in [-0.3, -0.25) is 4.79 Å². The van der Waals surface area contributed by atoms with Crippen LogP contribution in [0.4, 0.5) is 28.9 Å².